The normalized spacial score (nSPS) is 9.81. The van der Waals surface area contributed by atoms with E-state index in [0.29, 0.717) is 18.9 Å². The van der Waals surface area contributed by atoms with Crippen molar-refractivity contribution in [2.75, 3.05) is 6.61 Å². The minimum Gasteiger partial charge on any atom is -0.493 e. The van der Waals surface area contributed by atoms with Gasteiger partial charge in [0.05, 0.1) is 18.6 Å². The number of nitrogens with zero attached hydrogens (tertiary/aromatic N) is 1. The Balaban J connectivity index is 2.44. The van der Waals surface area contributed by atoms with Crippen LogP contribution in [0.1, 0.15) is 30.4 Å². The SMILES string of the molecule is Cc1ccc(OCCCCC#N)c(CCl)c1. The lowest BCUT2D eigenvalue weighted by Crippen LogP contribution is -1.99. The molecule has 0 bridgehead atoms. The number of rotatable bonds is 6. The molecule has 0 aliphatic carbocycles. The molecular weight excluding hydrogens is 222 g/mol. The van der Waals surface area contributed by atoms with Crippen LogP contribution in [0.4, 0.5) is 0 Å². The van der Waals surface area contributed by atoms with Gasteiger partial charge < -0.3 is 4.74 Å². The molecular formula is C13H16ClNO. The first-order chi connectivity index (χ1) is 7.77. The third-order valence-corrected chi connectivity index (χ3v) is 2.59. The second-order valence-corrected chi connectivity index (χ2v) is 3.98. The molecule has 0 atom stereocenters. The van der Waals surface area contributed by atoms with Crippen LogP contribution in [0.3, 0.4) is 0 Å². The van der Waals surface area contributed by atoms with Gasteiger partial charge in [0, 0.05) is 12.0 Å². The van der Waals surface area contributed by atoms with Crippen LogP contribution >= 0.6 is 11.6 Å². The van der Waals surface area contributed by atoms with E-state index >= 15 is 0 Å². The molecule has 0 unspecified atom stereocenters. The minimum atomic E-state index is 0.467. The monoisotopic (exact) mass is 237 g/mol. The summed E-state index contributed by atoms with van der Waals surface area (Å²) in [5, 5.41) is 8.39. The Bertz CT molecular complexity index is 371. The third kappa shape index (κ3) is 4.12. The van der Waals surface area contributed by atoms with Gasteiger partial charge in [0.15, 0.2) is 0 Å². The summed E-state index contributed by atoms with van der Waals surface area (Å²) in [6, 6.07) is 8.13. The molecule has 0 fully saturated rings. The van der Waals surface area contributed by atoms with Gasteiger partial charge >= 0.3 is 0 Å². The lowest BCUT2D eigenvalue weighted by Gasteiger charge is -2.10. The maximum absolute atomic E-state index is 8.39. The van der Waals surface area contributed by atoms with Crippen molar-refractivity contribution in [1.29, 1.82) is 5.26 Å². The molecule has 3 heteroatoms. The Morgan fingerprint density at radius 3 is 2.88 bits per heavy atom. The fourth-order valence-electron chi connectivity index (χ4n) is 1.44. The topological polar surface area (TPSA) is 33.0 Å². The maximum atomic E-state index is 8.39. The van der Waals surface area contributed by atoms with E-state index in [9.17, 15) is 0 Å². The van der Waals surface area contributed by atoms with E-state index in [0.717, 1.165) is 24.2 Å². The van der Waals surface area contributed by atoms with Gasteiger partial charge in [-0.2, -0.15) is 5.26 Å². The molecule has 0 heterocycles. The molecule has 1 rings (SSSR count). The summed E-state index contributed by atoms with van der Waals surface area (Å²) in [6.45, 7) is 2.68. The average Bonchev–Trinajstić information content (AvgIpc) is 2.30. The van der Waals surface area contributed by atoms with Crippen molar-refractivity contribution >= 4 is 11.6 Å². The second kappa shape index (κ2) is 7.14. The van der Waals surface area contributed by atoms with E-state index in [1.807, 2.05) is 25.1 Å². The first-order valence-electron chi connectivity index (χ1n) is 5.43. The highest BCUT2D eigenvalue weighted by molar-refractivity contribution is 6.17. The highest BCUT2D eigenvalue weighted by atomic mass is 35.5. The summed E-state index contributed by atoms with van der Waals surface area (Å²) < 4.78 is 5.64. The molecule has 86 valence electrons. The lowest BCUT2D eigenvalue weighted by atomic mass is 10.1. The molecule has 0 amide bonds. The minimum absolute atomic E-state index is 0.467. The number of alkyl halides is 1. The number of halogens is 1. The molecule has 0 aliphatic rings. The molecule has 0 N–H and O–H groups in total. The van der Waals surface area contributed by atoms with E-state index in [1.54, 1.807) is 0 Å². The van der Waals surface area contributed by atoms with Crippen molar-refractivity contribution in [2.24, 2.45) is 0 Å². The summed E-state index contributed by atoms with van der Waals surface area (Å²) in [4.78, 5) is 0. The van der Waals surface area contributed by atoms with Crippen molar-refractivity contribution in [3.8, 4) is 11.8 Å². The van der Waals surface area contributed by atoms with Gasteiger partial charge in [-0.15, -0.1) is 11.6 Å². The van der Waals surface area contributed by atoms with Gasteiger partial charge in [-0.1, -0.05) is 17.7 Å². The fraction of sp³-hybridized carbons (Fsp3) is 0.462. The molecule has 16 heavy (non-hydrogen) atoms. The predicted molar refractivity (Wildman–Crippen MR) is 65.7 cm³/mol. The largest absolute Gasteiger partial charge is 0.493 e. The predicted octanol–water partition coefficient (Wildman–Crippen LogP) is 3.81. The first kappa shape index (κ1) is 12.9. The number of benzene rings is 1. The zero-order valence-electron chi connectivity index (χ0n) is 9.50. The number of unbranched alkanes of at least 4 members (excludes halogenated alkanes) is 2. The highest BCUT2D eigenvalue weighted by Gasteiger charge is 2.02. The van der Waals surface area contributed by atoms with Crippen LogP contribution in [0.15, 0.2) is 18.2 Å². The summed E-state index contributed by atoms with van der Waals surface area (Å²) in [7, 11) is 0. The van der Waals surface area contributed by atoms with Crippen molar-refractivity contribution in [3.05, 3.63) is 29.3 Å². The molecule has 0 aliphatic heterocycles. The average molecular weight is 238 g/mol. The van der Waals surface area contributed by atoms with Crippen LogP contribution < -0.4 is 4.74 Å². The Hall–Kier alpha value is -1.20. The van der Waals surface area contributed by atoms with Crippen molar-refractivity contribution in [2.45, 2.75) is 32.1 Å². The van der Waals surface area contributed by atoms with Crippen LogP contribution in [0.5, 0.6) is 5.75 Å². The van der Waals surface area contributed by atoms with Gasteiger partial charge in [0.2, 0.25) is 0 Å². The summed E-state index contributed by atoms with van der Waals surface area (Å²) in [5.41, 5.74) is 2.22. The van der Waals surface area contributed by atoms with Crippen LogP contribution in [-0.2, 0) is 5.88 Å². The summed E-state index contributed by atoms with van der Waals surface area (Å²) in [6.07, 6.45) is 2.39. The van der Waals surface area contributed by atoms with Crippen LogP contribution in [0.2, 0.25) is 0 Å². The molecule has 1 aromatic carbocycles. The Morgan fingerprint density at radius 2 is 2.19 bits per heavy atom. The van der Waals surface area contributed by atoms with Gasteiger partial charge in [-0.25, -0.2) is 0 Å². The molecule has 1 aromatic rings. The second-order valence-electron chi connectivity index (χ2n) is 3.71. The molecule has 0 saturated heterocycles. The van der Waals surface area contributed by atoms with Crippen molar-refractivity contribution in [3.63, 3.8) is 0 Å². The van der Waals surface area contributed by atoms with Crippen LogP contribution in [0, 0.1) is 18.3 Å². The maximum Gasteiger partial charge on any atom is 0.123 e. The quantitative estimate of drug-likeness (QED) is 0.557. The number of hydrogen-bond donors (Lipinski definition) is 0. The molecule has 2 nitrogen and oxygen atoms in total. The van der Waals surface area contributed by atoms with E-state index in [-0.39, 0.29) is 0 Å². The van der Waals surface area contributed by atoms with Gasteiger partial charge in [-0.3, -0.25) is 0 Å². The van der Waals surface area contributed by atoms with Crippen LogP contribution in [0.25, 0.3) is 0 Å². The lowest BCUT2D eigenvalue weighted by molar-refractivity contribution is 0.305. The van der Waals surface area contributed by atoms with E-state index in [1.165, 1.54) is 5.56 Å². The molecule has 0 saturated carbocycles. The highest BCUT2D eigenvalue weighted by Crippen LogP contribution is 2.22. The first-order valence-corrected chi connectivity index (χ1v) is 5.96. The van der Waals surface area contributed by atoms with Crippen molar-refractivity contribution in [1.82, 2.24) is 0 Å². The smallest absolute Gasteiger partial charge is 0.123 e. The molecule has 0 radical (unpaired) electrons. The Kier molecular flexibility index (Phi) is 5.74. The van der Waals surface area contributed by atoms with E-state index < -0.39 is 0 Å². The molecule has 0 aromatic heterocycles. The van der Waals surface area contributed by atoms with Gasteiger partial charge in [0.1, 0.15) is 5.75 Å². The zero-order chi connectivity index (χ0) is 11.8. The van der Waals surface area contributed by atoms with Gasteiger partial charge in [-0.05, 0) is 25.8 Å². The number of hydrogen-bond acceptors (Lipinski definition) is 2. The fourth-order valence-corrected chi connectivity index (χ4v) is 1.65. The van der Waals surface area contributed by atoms with Crippen molar-refractivity contribution < 1.29 is 4.74 Å². The summed E-state index contributed by atoms with van der Waals surface area (Å²) >= 11 is 5.84. The third-order valence-electron chi connectivity index (χ3n) is 2.30. The van der Waals surface area contributed by atoms with E-state index in [2.05, 4.69) is 6.07 Å². The van der Waals surface area contributed by atoms with Gasteiger partial charge in [0.25, 0.3) is 0 Å². The van der Waals surface area contributed by atoms with E-state index in [4.69, 9.17) is 21.6 Å². The number of nitriles is 1. The standard InChI is InChI=1S/C13H16ClNO/c1-11-5-6-13(12(9-11)10-14)16-8-4-2-3-7-15/h5-6,9H,2-4,8,10H2,1H3. The Labute approximate surface area is 102 Å². The van der Waals surface area contributed by atoms with Crippen LogP contribution in [-0.4, -0.2) is 6.61 Å². The number of ether oxygens (including phenoxy) is 1. The Morgan fingerprint density at radius 1 is 1.38 bits per heavy atom. The number of aryl methyl sites for hydroxylation is 1. The zero-order valence-corrected chi connectivity index (χ0v) is 10.3. The summed E-state index contributed by atoms with van der Waals surface area (Å²) in [5.74, 6) is 1.33. The molecule has 0 spiro atoms.